The van der Waals surface area contributed by atoms with Crippen LogP contribution in [0.2, 0.25) is 0 Å². The molecule has 0 spiro atoms. The van der Waals surface area contributed by atoms with Crippen molar-refractivity contribution in [2.75, 3.05) is 7.05 Å². The van der Waals surface area contributed by atoms with E-state index in [0.29, 0.717) is 7.05 Å². The molecule has 0 bridgehead atoms. The zero-order chi connectivity index (χ0) is 8.58. The van der Waals surface area contributed by atoms with Gasteiger partial charge in [-0.3, -0.25) is 0 Å². The third-order valence-electron chi connectivity index (χ3n) is 0.728. The summed E-state index contributed by atoms with van der Waals surface area (Å²) in [5.74, 6) is 0. The Morgan fingerprint density at radius 2 is 1.40 bits per heavy atom. The van der Waals surface area contributed by atoms with E-state index in [1.54, 1.807) is 0 Å². The summed E-state index contributed by atoms with van der Waals surface area (Å²) in [6, 6.07) is -4.96. The van der Waals surface area contributed by atoms with Gasteiger partial charge in [0.15, 0.2) is 0 Å². The number of hydrogen-bond acceptors (Lipinski definition) is 1. The van der Waals surface area contributed by atoms with Crippen molar-refractivity contribution in [2.45, 2.75) is 12.2 Å². The Bertz CT molecular complexity index is 119. The molecule has 0 radical (unpaired) electrons. The van der Waals surface area contributed by atoms with Crippen LogP contribution in [-0.4, -0.2) is 23.7 Å². The lowest BCUT2D eigenvalue weighted by atomic mass is 10.5. The van der Waals surface area contributed by atoms with E-state index >= 15 is 0 Å². The first-order chi connectivity index (χ1) is 4.19. The molecule has 0 N–H and O–H groups in total. The smallest absolute Gasteiger partial charge is 0.176 e. The maximum Gasteiger partial charge on any atom is 0.470 e. The van der Waals surface area contributed by atoms with Gasteiger partial charge < -0.3 is 0 Å². The minimum Gasteiger partial charge on any atom is -0.176 e. The van der Waals surface area contributed by atoms with Crippen molar-refractivity contribution in [1.29, 1.82) is 0 Å². The minimum atomic E-state index is -5.62. The van der Waals surface area contributed by atoms with Crippen LogP contribution in [0.4, 0.5) is 22.0 Å². The summed E-state index contributed by atoms with van der Waals surface area (Å²) in [5.41, 5.74) is 0. The topological polar surface area (TPSA) is 3.24 Å². The van der Waals surface area contributed by atoms with Gasteiger partial charge in [0.25, 0.3) is 0 Å². The zero-order valence-corrected chi connectivity index (χ0v) is 5.47. The van der Waals surface area contributed by atoms with Crippen LogP contribution in [0, 0.1) is 0 Å². The molecule has 0 aliphatic carbocycles. The number of alkyl halides is 5. The average Bonchev–Trinajstić information content (AvgIpc) is 1.62. The molecule has 0 heterocycles. The minimum absolute atomic E-state index is 0.426. The third-order valence-corrected chi connectivity index (χ3v) is 0.940. The first-order valence-electron chi connectivity index (χ1n) is 2.03. The van der Waals surface area contributed by atoms with E-state index in [1.165, 1.54) is 0 Å². The highest BCUT2D eigenvalue weighted by Gasteiger charge is 2.60. The van der Waals surface area contributed by atoms with Crippen LogP contribution in [0.5, 0.6) is 0 Å². The predicted molar refractivity (Wildman–Crippen MR) is 24.6 cm³/mol. The van der Waals surface area contributed by atoms with Gasteiger partial charge in [-0.25, -0.2) is 0 Å². The molecule has 0 saturated carbocycles. The standard InChI is InChI=1S/C3H3ClF5N/c1-10(4)3(8,9)2(5,6)7/h1H3. The summed E-state index contributed by atoms with van der Waals surface area (Å²) in [5, 5.41) is 0. The van der Waals surface area contributed by atoms with Crippen molar-refractivity contribution in [1.82, 2.24) is 4.42 Å². The second-order valence-electron chi connectivity index (χ2n) is 1.52. The lowest BCUT2D eigenvalue weighted by molar-refractivity contribution is -0.319. The number of rotatable bonds is 1. The quantitative estimate of drug-likeness (QED) is 0.342. The normalized spacial score (nSPS) is 14.4. The SMILES string of the molecule is CN(Cl)C(F)(F)C(F)(F)F. The van der Waals surface area contributed by atoms with E-state index in [0.717, 1.165) is 0 Å². The van der Waals surface area contributed by atoms with Gasteiger partial charge in [0.05, 0.1) is 0 Å². The van der Waals surface area contributed by atoms with E-state index in [-0.39, 0.29) is 0 Å². The molecular formula is C3H3ClF5N. The molecule has 7 heteroatoms. The molecule has 0 aromatic carbocycles. The van der Waals surface area contributed by atoms with Crippen LogP contribution in [0.3, 0.4) is 0 Å². The number of hydrogen-bond donors (Lipinski definition) is 0. The van der Waals surface area contributed by atoms with Crippen LogP contribution >= 0.6 is 11.8 Å². The molecule has 0 aliphatic heterocycles. The first kappa shape index (κ1) is 9.90. The van der Waals surface area contributed by atoms with Crippen LogP contribution in [0.25, 0.3) is 0 Å². The van der Waals surface area contributed by atoms with Crippen molar-refractivity contribution in [3.63, 3.8) is 0 Å². The molecule has 0 fully saturated rings. The average molecular weight is 184 g/mol. The maximum absolute atomic E-state index is 11.7. The highest BCUT2D eigenvalue weighted by atomic mass is 35.5. The molecule has 1 nitrogen and oxygen atoms in total. The van der Waals surface area contributed by atoms with Gasteiger partial charge in [-0.05, 0) is 11.8 Å². The summed E-state index contributed by atoms with van der Waals surface area (Å²) in [6.07, 6.45) is -5.62. The Morgan fingerprint density at radius 1 is 1.10 bits per heavy atom. The molecule has 0 unspecified atom stereocenters. The molecular weight excluding hydrogens is 180 g/mol. The summed E-state index contributed by atoms with van der Waals surface area (Å²) < 4.78 is 56.4. The summed E-state index contributed by atoms with van der Waals surface area (Å²) in [6.45, 7) is 0. The fourth-order valence-corrected chi connectivity index (χ4v) is 0.271. The Labute approximate surface area is 58.5 Å². The second kappa shape index (κ2) is 2.50. The highest BCUT2D eigenvalue weighted by molar-refractivity contribution is 6.13. The molecule has 0 rings (SSSR count). The van der Waals surface area contributed by atoms with Crippen molar-refractivity contribution >= 4 is 11.8 Å². The molecule has 0 amide bonds. The van der Waals surface area contributed by atoms with Gasteiger partial charge in [0, 0.05) is 7.05 Å². The third kappa shape index (κ3) is 1.69. The van der Waals surface area contributed by atoms with Gasteiger partial charge in [0.2, 0.25) is 0 Å². The maximum atomic E-state index is 11.7. The fourth-order valence-electron chi connectivity index (χ4n) is 0.175. The monoisotopic (exact) mass is 183 g/mol. The largest absolute Gasteiger partial charge is 0.470 e. The zero-order valence-electron chi connectivity index (χ0n) is 4.72. The molecule has 10 heavy (non-hydrogen) atoms. The lowest BCUT2D eigenvalue weighted by Crippen LogP contribution is -2.45. The molecule has 62 valence electrons. The molecule has 0 aromatic rings. The summed E-state index contributed by atoms with van der Waals surface area (Å²) in [4.78, 5) is 0. The van der Waals surface area contributed by atoms with E-state index in [4.69, 9.17) is 0 Å². The summed E-state index contributed by atoms with van der Waals surface area (Å²) >= 11 is 4.42. The van der Waals surface area contributed by atoms with E-state index in [1.807, 2.05) is 0 Å². The van der Waals surface area contributed by atoms with Gasteiger partial charge in [-0.15, -0.1) is 0 Å². The van der Waals surface area contributed by atoms with E-state index in [9.17, 15) is 22.0 Å². The lowest BCUT2D eigenvalue weighted by Gasteiger charge is -2.22. The van der Waals surface area contributed by atoms with E-state index in [2.05, 4.69) is 11.8 Å². The van der Waals surface area contributed by atoms with Crippen LogP contribution < -0.4 is 0 Å². The molecule has 0 saturated heterocycles. The summed E-state index contributed by atoms with van der Waals surface area (Å²) in [7, 11) is 0.426. The number of nitrogens with zero attached hydrogens (tertiary/aromatic N) is 1. The van der Waals surface area contributed by atoms with Crippen LogP contribution in [0.1, 0.15) is 0 Å². The Hall–Kier alpha value is -0.100. The van der Waals surface area contributed by atoms with Crippen molar-refractivity contribution in [3.8, 4) is 0 Å². The molecule has 0 aromatic heterocycles. The van der Waals surface area contributed by atoms with Crippen LogP contribution in [0.15, 0.2) is 0 Å². The van der Waals surface area contributed by atoms with Gasteiger partial charge in [-0.1, -0.05) is 0 Å². The van der Waals surface area contributed by atoms with Gasteiger partial charge >= 0.3 is 12.2 Å². The number of halogens is 6. The first-order valence-corrected chi connectivity index (χ1v) is 2.37. The fraction of sp³-hybridized carbons (Fsp3) is 1.00. The molecule has 0 atom stereocenters. The van der Waals surface area contributed by atoms with Gasteiger partial charge in [-0.2, -0.15) is 26.4 Å². The van der Waals surface area contributed by atoms with Crippen molar-refractivity contribution in [2.24, 2.45) is 0 Å². The highest BCUT2D eigenvalue weighted by Crippen LogP contribution is 2.38. The van der Waals surface area contributed by atoms with Gasteiger partial charge in [0.1, 0.15) is 0 Å². The Kier molecular flexibility index (Phi) is 2.48. The Morgan fingerprint density at radius 3 is 1.40 bits per heavy atom. The van der Waals surface area contributed by atoms with E-state index < -0.39 is 16.6 Å². The van der Waals surface area contributed by atoms with Crippen LogP contribution in [-0.2, 0) is 0 Å². The van der Waals surface area contributed by atoms with Crippen molar-refractivity contribution < 1.29 is 22.0 Å². The predicted octanol–water partition coefficient (Wildman–Crippen LogP) is 2.23. The molecule has 0 aliphatic rings. The van der Waals surface area contributed by atoms with Crippen molar-refractivity contribution in [3.05, 3.63) is 0 Å². The second-order valence-corrected chi connectivity index (χ2v) is 2.02. The Balaban J connectivity index is 4.40.